The topological polar surface area (TPSA) is 65.1 Å². The molecule has 0 aliphatic heterocycles. The number of fused-ring (bicyclic) bond motifs is 1. The maximum Gasteiger partial charge on any atom is 0.191 e. The van der Waals surface area contributed by atoms with Gasteiger partial charge in [0.05, 0.1) is 17.2 Å². The monoisotopic (exact) mass is 373 g/mol. The van der Waals surface area contributed by atoms with Crippen LogP contribution >= 0.6 is 11.3 Å². The zero-order valence-corrected chi connectivity index (χ0v) is 16.1. The van der Waals surface area contributed by atoms with E-state index in [1.807, 2.05) is 6.20 Å². The van der Waals surface area contributed by atoms with E-state index in [0.29, 0.717) is 19.0 Å². The van der Waals surface area contributed by atoms with E-state index in [1.165, 1.54) is 6.07 Å². The summed E-state index contributed by atoms with van der Waals surface area (Å²) in [5.74, 6) is 0.968. The molecule has 0 amide bonds. The number of rotatable bonds is 6. The van der Waals surface area contributed by atoms with Crippen LogP contribution in [0.3, 0.4) is 0 Å². The van der Waals surface area contributed by atoms with Gasteiger partial charge in [-0.15, -0.1) is 11.3 Å². The number of aromatic amines is 1. The molecule has 3 aromatic rings. The van der Waals surface area contributed by atoms with Gasteiger partial charge in [0.2, 0.25) is 0 Å². The highest BCUT2D eigenvalue weighted by Crippen LogP contribution is 2.20. The molecule has 0 saturated heterocycles. The van der Waals surface area contributed by atoms with E-state index in [0.717, 1.165) is 39.5 Å². The molecule has 0 unspecified atom stereocenters. The molecule has 0 aliphatic carbocycles. The van der Waals surface area contributed by atoms with Crippen LogP contribution in [0.1, 0.15) is 36.0 Å². The Hall–Kier alpha value is -2.41. The normalized spacial score (nSPS) is 12.1. The highest BCUT2D eigenvalue weighted by Gasteiger charge is 2.07. The van der Waals surface area contributed by atoms with Crippen molar-refractivity contribution < 1.29 is 4.39 Å². The number of nitrogens with zero attached hydrogens (tertiary/aromatic N) is 2. The van der Waals surface area contributed by atoms with Gasteiger partial charge < -0.3 is 15.6 Å². The lowest BCUT2D eigenvalue weighted by molar-refractivity contribution is 0.629. The average molecular weight is 374 g/mol. The summed E-state index contributed by atoms with van der Waals surface area (Å²) in [4.78, 5) is 12.0. The van der Waals surface area contributed by atoms with E-state index >= 15 is 0 Å². The van der Waals surface area contributed by atoms with Crippen LogP contribution in [0.15, 0.2) is 34.8 Å². The molecule has 0 fully saturated rings. The summed E-state index contributed by atoms with van der Waals surface area (Å²) >= 11 is 1.69. The van der Waals surface area contributed by atoms with Gasteiger partial charge in [-0.25, -0.2) is 9.37 Å². The molecular formula is C19H24FN5S. The molecule has 0 spiro atoms. The Morgan fingerprint density at radius 2 is 2.19 bits per heavy atom. The fourth-order valence-electron chi connectivity index (χ4n) is 2.74. The van der Waals surface area contributed by atoms with Crippen molar-refractivity contribution in [2.75, 3.05) is 13.6 Å². The number of thiazole rings is 1. The van der Waals surface area contributed by atoms with Crippen molar-refractivity contribution in [1.29, 1.82) is 0 Å². The number of hydrogen-bond acceptors (Lipinski definition) is 3. The molecule has 7 heteroatoms. The molecule has 0 aliphatic rings. The lowest BCUT2D eigenvalue weighted by Gasteiger charge is -2.10. The smallest absolute Gasteiger partial charge is 0.191 e. The fraction of sp³-hybridized carbons (Fsp3) is 0.368. The lowest BCUT2D eigenvalue weighted by Crippen LogP contribution is -2.37. The summed E-state index contributed by atoms with van der Waals surface area (Å²) in [5, 5.41) is 10.7. The average Bonchev–Trinajstić information content (AvgIpc) is 3.25. The summed E-state index contributed by atoms with van der Waals surface area (Å²) in [6.07, 6.45) is 2.71. The Morgan fingerprint density at radius 1 is 1.35 bits per heavy atom. The third kappa shape index (κ3) is 4.40. The Kier molecular flexibility index (Phi) is 5.88. The Morgan fingerprint density at radius 3 is 2.92 bits per heavy atom. The molecule has 1 aromatic carbocycles. The van der Waals surface area contributed by atoms with E-state index in [9.17, 15) is 4.39 Å². The van der Waals surface area contributed by atoms with Crippen LogP contribution in [0.5, 0.6) is 0 Å². The molecule has 3 rings (SSSR count). The SMILES string of the molecule is CN=C(NCCc1c[nH]c2ccc(F)cc12)NCc1csc(C(C)C)n1. The van der Waals surface area contributed by atoms with Gasteiger partial charge in [-0.1, -0.05) is 13.8 Å². The second-order valence-electron chi connectivity index (χ2n) is 6.44. The highest BCUT2D eigenvalue weighted by atomic mass is 32.1. The van der Waals surface area contributed by atoms with E-state index in [1.54, 1.807) is 30.5 Å². The number of hydrogen-bond donors (Lipinski definition) is 3. The van der Waals surface area contributed by atoms with Gasteiger partial charge in [0.15, 0.2) is 5.96 Å². The Balaban J connectivity index is 1.51. The minimum atomic E-state index is -0.215. The summed E-state index contributed by atoms with van der Waals surface area (Å²) in [5.41, 5.74) is 3.06. The Labute approximate surface area is 156 Å². The van der Waals surface area contributed by atoms with E-state index in [-0.39, 0.29) is 5.82 Å². The molecule has 5 nitrogen and oxygen atoms in total. The van der Waals surface area contributed by atoms with Gasteiger partial charge in [-0.3, -0.25) is 4.99 Å². The van der Waals surface area contributed by atoms with E-state index in [2.05, 4.69) is 44.8 Å². The van der Waals surface area contributed by atoms with Crippen molar-refractivity contribution in [3.8, 4) is 0 Å². The van der Waals surface area contributed by atoms with Crippen molar-refractivity contribution in [2.45, 2.75) is 32.7 Å². The molecule has 2 aromatic heterocycles. The molecule has 138 valence electrons. The molecule has 2 heterocycles. The number of guanidine groups is 1. The Bertz CT molecular complexity index is 896. The molecule has 0 radical (unpaired) electrons. The number of H-pyrrole nitrogens is 1. The van der Waals surface area contributed by atoms with E-state index in [4.69, 9.17) is 0 Å². The number of aromatic nitrogens is 2. The van der Waals surface area contributed by atoms with E-state index < -0.39 is 0 Å². The first-order valence-electron chi connectivity index (χ1n) is 8.71. The lowest BCUT2D eigenvalue weighted by atomic mass is 10.1. The van der Waals surface area contributed by atoms with Crippen LogP contribution in [0.25, 0.3) is 10.9 Å². The first kappa shape index (κ1) is 18.4. The van der Waals surface area contributed by atoms with Crippen LogP contribution in [-0.4, -0.2) is 29.5 Å². The summed E-state index contributed by atoms with van der Waals surface area (Å²) in [7, 11) is 1.75. The quantitative estimate of drug-likeness (QED) is 0.455. The van der Waals surface area contributed by atoms with Crippen molar-refractivity contribution in [2.24, 2.45) is 4.99 Å². The van der Waals surface area contributed by atoms with Crippen molar-refractivity contribution in [1.82, 2.24) is 20.6 Å². The summed E-state index contributed by atoms with van der Waals surface area (Å²) in [6.45, 7) is 5.64. The first-order valence-corrected chi connectivity index (χ1v) is 9.59. The van der Waals surface area contributed by atoms with Gasteiger partial charge in [0.25, 0.3) is 0 Å². The molecule has 3 N–H and O–H groups in total. The fourth-order valence-corrected chi connectivity index (χ4v) is 3.57. The molecule has 26 heavy (non-hydrogen) atoms. The largest absolute Gasteiger partial charge is 0.361 e. The standard InChI is InChI=1S/C19H24FN5S/c1-12(2)18-25-15(11-26-18)10-24-19(21-3)22-7-6-13-9-23-17-5-4-14(20)8-16(13)17/h4-5,8-9,11-12,23H,6-7,10H2,1-3H3,(H2,21,22,24). The third-order valence-corrected chi connectivity index (χ3v) is 5.33. The molecule has 0 atom stereocenters. The van der Waals surface area contributed by atoms with Crippen molar-refractivity contribution >= 4 is 28.2 Å². The van der Waals surface area contributed by atoms with Gasteiger partial charge in [0.1, 0.15) is 5.82 Å². The van der Waals surface area contributed by atoms with Crippen LogP contribution < -0.4 is 10.6 Å². The van der Waals surface area contributed by atoms with Gasteiger partial charge in [0, 0.05) is 42.0 Å². The highest BCUT2D eigenvalue weighted by molar-refractivity contribution is 7.09. The first-order chi connectivity index (χ1) is 12.6. The van der Waals surface area contributed by atoms with Gasteiger partial charge >= 0.3 is 0 Å². The molecule has 0 bridgehead atoms. The maximum absolute atomic E-state index is 13.4. The summed E-state index contributed by atoms with van der Waals surface area (Å²) < 4.78 is 13.4. The van der Waals surface area contributed by atoms with Gasteiger partial charge in [-0.05, 0) is 30.2 Å². The van der Waals surface area contributed by atoms with Crippen molar-refractivity contribution in [3.63, 3.8) is 0 Å². The summed E-state index contributed by atoms with van der Waals surface area (Å²) in [6, 6.07) is 4.81. The van der Waals surface area contributed by atoms with Crippen molar-refractivity contribution in [3.05, 3.63) is 51.9 Å². The minimum Gasteiger partial charge on any atom is -0.361 e. The zero-order chi connectivity index (χ0) is 18.5. The van der Waals surface area contributed by atoms with Gasteiger partial charge in [-0.2, -0.15) is 0 Å². The third-order valence-electron chi connectivity index (χ3n) is 4.14. The number of halogens is 1. The molecular weight excluding hydrogens is 349 g/mol. The van der Waals surface area contributed by atoms with Crippen LogP contribution in [0, 0.1) is 5.82 Å². The second kappa shape index (κ2) is 8.31. The van der Waals surface area contributed by atoms with Crippen LogP contribution in [0.2, 0.25) is 0 Å². The second-order valence-corrected chi connectivity index (χ2v) is 7.33. The zero-order valence-electron chi connectivity index (χ0n) is 15.3. The molecule has 0 saturated carbocycles. The minimum absolute atomic E-state index is 0.215. The maximum atomic E-state index is 13.4. The predicted molar refractivity (Wildman–Crippen MR) is 106 cm³/mol. The number of aliphatic imine (C=N–C) groups is 1. The number of benzene rings is 1. The van der Waals surface area contributed by atoms with Crippen LogP contribution in [0.4, 0.5) is 4.39 Å². The van der Waals surface area contributed by atoms with Crippen LogP contribution in [-0.2, 0) is 13.0 Å². The predicted octanol–water partition coefficient (Wildman–Crippen LogP) is 3.79. The number of nitrogens with one attached hydrogen (secondary N) is 3.